The van der Waals surface area contributed by atoms with Crippen LogP contribution in [-0.4, -0.2) is 46.9 Å². The lowest BCUT2D eigenvalue weighted by atomic mass is 10.0. The number of hydrogen-bond acceptors (Lipinski definition) is 5. The van der Waals surface area contributed by atoms with Crippen LogP contribution < -0.4 is 5.32 Å². The molecule has 0 saturated carbocycles. The lowest BCUT2D eigenvalue weighted by molar-refractivity contribution is -0.151. The van der Waals surface area contributed by atoms with E-state index in [4.69, 9.17) is 4.74 Å². The summed E-state index contributed by atoms with van der Waals surface area (Å²) < 4.78 is 5.88. The average molecular weight is 810 g/mol. The molecule has 58 heavy (non-hydrogen) atoms. The maximum absolute atomic E-state index is 13.1. The number of nitrogens with one attached hydrogen (secondary N) is 1. The van der Waals surface area contributed by atoms with E-state index in [2.05, 4.69) is 74.7 Å². The van der Waals surface area contributed by atoms with Crippen LogP contribution >= 0.6 is 0 Å². The molecule has 0 aromatic rings. The van der Waals surface area contributed by atoms with E-state index in [1.54, 1.807) is 0 Å². The number of hydrogen-bond donors (Lipinski definition) is 3. The second-order valence-electron chi connectivity index (χ2n) is 16.3. The van der Waals surface area contributed by atoms with E-state index in [1.807, 2.05) is 24.3 Å². The maximum atomic E-state index is 13.1. The highest BCUT2D eigenvalue weighted by atomic mass is 16.5. The Morgan fingerprint density at radius 1 is 0.500 bits per heavy atom. The fourth-order valence-corrected chi connectivity index (χ4v) is 6.93. The Kier molecular flexibility index (Phi) is 43.3. The summed E-state index contributed by atoms with van der Waals surface area (Å²) in [6.45, 7) is 6.34. The molecule has 334 valence electrons. The molecule has 0 rings (SSSR count). The lowest BCUT2D eigenvalue weighted by Gasteiger charge is -2.24. The van der Waals surface area contributed by atoms with Gasteiger partial charge in [-0.1, -0.05) is 216 Å². The van der Waals surface area contributed by atoms with Crippen LogP contribution in [0.5, 0.6) is 0 Å². The molecule has 0 radical (unpaired) electrons. The van der Waals surface area contributed by atoms with Crippen LogP contribution in [0.4, 0.5) is 0 Å². The highest BCUT2D eigenvalue weighted by Crippen LogP contribution is 2.16. The van der Waals surface area contributed by atoms with Gasteiger partial charge in [-0.15, -0.1) is 0 Å². The quantitative estimate of drug-likeness (QED) is 0.0247. The predicted octanol–water partition coefficient (Wildman–Crippen LogP) is 14.2. The summed E-state index contributed by atoms with van der Waals surface area (Å²) in [5.41, 5.74) is 0. The first kappa shape index (κ1) is 55.3. The zero-order valence-electron chi connectivity index (χ0n) is 37.9. The van der Waals surface area contributed by atoms with E-state index in [1.165, 1.54) is 89.9 Å². The summed E-state index contributed by atoms with van der Waals surface area (Å²) in [5, 5.41) is 23.6. The molecule has 0 spiro atoms. The van der Waals surface area contributed by atoms with E-state index < -0.39 is 18.2 Å². The molecule has 0 aliphatic carbocycles. The number of esters is 1. The van der Waals surface area contributed by atoms with Gasteiger partial charge in [-0.25, -0.2) is 0 Å². The minimum atomic E-state index is -0.799. The van der Waals surface area contributed by atoms with Crippen molar-refractivity contribution in [2.24, 2.45) is 0 Å². The summed E-state index contributed by atoms with van der Waals surface area (Å²) in [4.78, 5) is 26.0. The zero-order chi connectivity index (χ0) is 42.4. The minimum absolute atomic E-state index is 0.0431. The molecular weight excluding hydrogens is 719 g/mol. The number of aliphatic hydroxyl groups is 2. The first-order valence-electron chi connectivity index (χ1n) is 24.2. The van der Waals surface area contributed by atoms with Crippen LogP contribution in [0.15, 0.2) is 72.9 Å². The molecule has 3 unspecified atom stereocenters. The normalized spacial score (nSPS) is 13.9. The van der Waals surface area contributed by atoms with Gasteiger partial charge in [0.1, 0.15) is 6.10 Å². The number of ether oxygens (including phenoxy) is 1. The fourth-order valence-electron chi connectivity index (χ4n) is 6.93. The molecule has 0 aromatic heterocycles. The molecule has 3 N–H and O–H groups in total. The van der Waals surface area contributed by atoms with E-state index >= 15 is 0 Å². The number of aliphatic hydroxyl groups excluding tert-OH is 2. The topological polar surface area (TPSA) is 95.9 Å². The largest absolute Gasteiger partial charge is 0.462 e. The van der Waals surface area contributed by atoms with Gasteiger partial charge in [0.2, 0.25) is 5.91 Å². The van der Waals surface area contributed by atoms with Gasteiger partial charge in [0.05, 0.1) is 25.2 Å². The molecule has 6 heteroatoms. The lowest BCUT2D eigenvalue weighted by Crippen LogP contribution is -2.46. The monoisotopic (exact) mass is 810 g/mol. The molecular formula is C52H91NO5. The molecule has 1 amide bonds. The minimum Gasteiger partial charge on any atom is -0.462 e. The Bertz CT molecular complexity index is 1090. The van der Waals surface area contributed by atoms with Gasteiger partial charge in [0.15, 0.2) is 0 Å². The van der Waals surface area contributed by atoms with Crippen LogP contribution in [0.2, 0.25) is 0 Å². The van der Waals surface area contributed by atoms with E-state index in [-0.39, 0.29) is 24.9 Å². The molecule has 0 aliphatic rings. The molecule has 3 atom stereocenters. The number of carbonyl (C=O) groups is 2. The zero-order valence-corrected chi connectivity index (χ0v) is 37.9. The summed E-state index contributed by atoms with van der Waals surface area (Å²) in [6.07, 6.45) is 56.7. The van der Waals surface area contributed by atoms with Crippen LogP contribution in [-0.2, 0) is 14.3 Å². The summed E-state index contributed by atoms with van der Waals surface area (Å²) in [7, 11) is 0. The third-order valence-electron chi connectivity index (χ3n) is 10.6. The van der Waals surface area contributed by atoms with E-state index in [0.29, 0.717) is 19.3 Å². The van der Waals surface area contributed by atoms with Gasteiger partial charge >= 0.3 is 5.97 Å². The van der Waals surface area contributed by atoms with Crippen molar-refractivity contribution in [3.63, 3.8) is 0 Å². The van der Waals surface area contributed by atoms with E-state index in [0.717, 1.165) is 83.5 Å². The van der Waals surface area contributed by atoms with Gasteiger partial charge < -0.3 is 20.3 Å². The molecule has 0 heterocycles. The van der Waals surface area contributed by atoms with Gasteiger partial charge in [-0.3, -0.25) is 9.59 Å². The maximum Gasteiger partial charge on any atom is 0.306 e. The van der Waals surface area contributed by atoms with Crippen molar-refractivity contribution in [1.29, 1.82) is 0 Å². The summed E-state index contributed by atoms with van der Waals surface area (Å²) in [6, 6.07) is -0.716. The average Bonchev–Trinajstić information content (AvgIpc) is 3.22. The van der Waals surface area contributed by atoms with Crippen molar-refractivity contribution < 1.29 is 24.5 Å². The number of amides is 1. The Balaban J connectivity index is 4.64. The summed E-state index contributed by atoms with van der Waals surface area (Å²) in [5.74, 6) is -0.537. The number of allylic oxidation sites excluding steroid dienone is 12. The van der Waals surface area contributed by atoms with Crippen LogP contribution in [0, 0.1) is 0 Å². The first-order chi connectivity index (χ1) is 28.5. The van der Waals surface area contributed by atoms with Crippen molar-refractivity contribution in [2.45, 2.75) is 238 Å². The van der Waals surface area contributed by atoms with Crippen LogP contribution in [0.25, 0.3) is 0 Å². The molecule has 0 saturated heterocycles. The van der Waals surface area contributed by atoms with Crippen molar-refractivity contribution in [3.05, 3.63) is 72.9 Å². The van der Waals surface area contributed by atoms with Gasteiger partial charge in [-0.05, 0) is 64.2 Å². The van der Waals surface area contributed by atoms with Gasteiger partial charge in [-0.2, -0.15) is 0 Å². The second kappa shape index (κ2) is 45.4. The van der Waals surface area contributed by atoms with Gasteiger partial charge in [0, 0.05) is 6.42 Å². The molecule has 6 nitrogen and oxygen atoms in total. The SMILES string of the molecule is CCC/C=C/C=C/C=C/C=C/C=C/CCCCCCCC(=O)OC(CCC/C=C\CCCCCCCC)CC(=O)NC(CO)C(O)CCCCCCCCCCCC. The standard InChI is InChI=1S/C52H91NO5/c1-4-7-10-13-16-19-22-23-24-25-26-27-28-30-33-36-39-42-45-52(57)58-48(43-40-37-34-31-29-20-17-14-11-8-5-2)46-51(56)53-49(47-54)50(55)44-41-38-35-32-21-18-15-12-9-6-3/h10,13,16,19,22-27,31,34,48-50,54-55H,4-9,11-12,14-15,17-18,20-21,28-30,32-33,35-47H2,1-3H3,(H,53,56)/b13-10+,19-16+,23-22+,25-24+,27-26+,34-31-. The highest BCUT2D eigenvalue weighted by Gasteiger charge is 2.24. The van der Waals surface area contributed by atoms with Crippen LogP contribution in [0.3, 0.4) is 0 Å². The molecule has 0 fully saturated rings. The van der Waals surface area contributed by atoms with Crippen molar-refractivity contribution >= 4 is 11.9 Å². The van der Waals surface area contributed by atoms with Crippen LogP contribution in [0.1, 0.15) is 220 Å². The molecule has 0 aliphatic heterocycles. The third kappa shape index (κ3) is 40.1. The second-order valence-corrected chi connectivity index (χ2v) is 16.3. The third-order valence-corrected chi connectivity index (χ3v) is 10.6. The summed E-state index contributed by atoms with van der Waals surface area (Å²) >= 11 is 0. The highest BCUT2D eigenvalue weighted by molar-refractivity contribution is 5.77. The number of carbonyl (C=O) groups excluding carboxylic acids is 2. The Morgan fingerprint density at radius 2 is 0.948 bits per heavy atom. The Labute approximate surface area is 358 Å². The van der Waals surface area contributed by atoms with Gasteiger partial charge in [0.25, 0.3) is 0 Å². The predicted molar refractivity (Wildman–Crippen MR) is 250 cm³/mol. The van der Waals surface area contributed by atoms with Crippen molar-refractivity contribution in [1.82, 2.24) is 5.32 Å². The van der Waals surface area contributed by atoms with Crippen molar-refractivity contribution in [3.8, 4) is 0 Å². The van der Waals surface area contributed by atoms with Crippen molar-refractivity contribution in [2.75, 3.05) is 6.61 Å². The van der Waals surface area contributed by atoms with E-state index in [9.17, 15) is 19.8 Å². The smallest absolute Gasteiger partial charge is 0.306 e. The first-order valence-corrected chi connectivity index (χ1v) is 24.2. The fraction of sp³-hybridized carbons (Fsp3) is 0.731. The Hall–Kier alpha value is -2.70. The Morgan fingerprint density at radius 3 is 1.48 bits per heavy atom. The number of rotatable bonds is 42. The number of unbranched alkanes of at least 4 members (excludes halogenated alkanes) is 22. The molecule has 0 aromatic carbocycles. The molecule has 0 bridgehead atoms.